The second kappa shape index (κ2) is 12.4. The Morgan fingerprint density at radius 2 is 1.87 bits per heavy atom. The molecule has 0 bridgehead atoms. The topological polar surface area (TPSA) is 99.8 Å². The van der Waals surface area contributed by atoms with Crippen molar-refractivity contribution >= 4 is 16.9 Å². The standard InChI is InChI=1S/C27H36F4N2O4S/c1-26(2,3)19-7-5-6-16(9-19)12-33-21-15-38(35)14-18(25(21)34)8-17-10-20(28)24(32)22(11-17)37-23(13-36-4)27(29,30)31/h5-7,9-11,18,21,23,25,33-34H,8,12-15,32H2,1-4H3/t18-,21+,23-,25+,38-/m1/s1. The van der Waals surface area contributed by atoms with Gasteiger partial charge in [0.05, 0.1) is 18.8 Å². The number of aliphatic hydroxyl groups excluding tert-OH is 1. The van der Waals surface area contributed by atoms with Gasteiger partial charge in [0, 0.05) is 19.6 Å². The second-order valence-electron chi connectivity index (χ2n) is 10.8. The molecule has 1 saturated heterocycles. The predicted molar refractivity (Wildman–Crippen MR) is 140 cm³/mol. The van der Waals surface area contributed by atoms with Crippen LogP contribution in [0.15, 0.2) is 36.4 Å². The van der Waals surface area contributed by atoms with Crippen molar-refractivity contribution in [2.75, 3.05) is 31.0 Å². The average molecular weight is 561 g/mol. The van der Waals surface area contributed by atoms with Crippen LogP contribution in [0.3, 0.4) is 0 Å². The highest BCUT2D eigenvalue weighted by Crippen LogP contribution is 2.33. The van der Waals surface area contributed by atoms with Crippen LogP contribution in [0.25, 0.3) is 0 Å². The van der Waals surface area contributed by atoms with E-state index in [0.29, 0.717) is 6.54 Å². The van der Waals surface area contributed by atoms with Gasteiger partial charge in [-0.3, -0.25) is 0 Å². The van der Waals surface area contributed by atoms with Gasteiger partial charge >= 0.3 is 6.18 Å². The minimum atomic E-state index is -4.75. The highest BCUT2D eigenvalue weighted by Gasteiger charge is 2.43. The fraction of sp³-hybridized carbons (Fsp3) is 0.556. The molecule has 0 amide bonds. The number of alkyl halides is 3. The molecule has 3 rings (SSSR count). The summed E-state index contributed by atoms with van der Waals surface area (Å²) in [4.78, 5) is 0. The normalized spacial score (nSPS) is 23.3. The maximum Gasteiger partial charge on any atom is 0.427 e. The number of hydrogen-bond donors (Lipinski definition) is 3. The lowest BCUT2D eigenvalue weighted by molar-refractivity contribution is -0.206. The molecule has 0 radical (unpaired) electrons. The summed E-state index contributed by atoms with van der Waals surface area (Å²) in [5, 5.41) is 14.4. The molecular weight excluding hydrogens is 524 g/mol. The van der Waals surface area contributed by atoms with Gasteiger partial charge in [-0.25, -0.2) is 4.39 Å². The van der Waals surface area contributed by atoms with E-state index in [9.17, 15) is 27.2 Å². The monoisotopic (exact) mass is 560 g/mol. The number of nitrogens with one attached hydrogen (secondary N) is 1. The number of nitrogens with two attached hydrogens (primary N) is 1. The van der Waals surface area contributed by atoms with Crippen molar-refractivity contribution < 1.29 is 36.7 Å². The average Bonchev–Trinajstić information content (AvgIpc) is 2.82. The molecule has 0 aromatic heterocycles. The Bertz CT molecular complexity index is 1080. The Morgan fingerprint density at radius 1 is 1.16 bits per heavy atom. The van der Waals surface area contributed by atoms with Gasteiger partial charge in [0.25, 0.3) is 0 Å². The van der Waals surface area contributed by atoms with Gasteiger partial charge in [-0.15, -0.1) is 0 Å². The molecular formula is C27H36F4N2O4S. The lowest BCUT2D eigenvalue weighted by Gasteiger charge is -2.36. The van der Waals surface area contributed by atoms with Crippen molar-refractivity contribution in [1.82, 2.24) is 5.32 Å². The molecule has 6 nitrogen and oxygen atoms in total. The first-order valence-electron chi connectivity index (χ1n) is 12.3. The Morgan fingerprint density at radius 3 is 2.50 bits per heavy atom. The largest absolute Gasteiger partial charge is 0.616 e. The third-order valence-electron chi connectivity index (χ3n) is 6.62. The van der Waals surface area contributed by atoms with E-state index in [0.717, 1.165) is 18.7 Å². The van der Waals surface area contributed by atoms with Gasteiger partial charge in [0.15, 0.2) is 0 Å². The minimum absolute atomic E-state index is 0.0203. The summed E-state index contributed by atoms with van der Waals surface area (Å²) in [7, 11) is 1.10. The van der Waals surface area contributed by atoms with Gasteiger partial charge in [-0.2, -0.15) is 13.2 Å². The second-order valence-corrected chi connectivity index (χ2v) is 12.3. The Hall–Kier alpha value is -2.05. The van der Waals surface area contributed by atoms with Crippen LogP contribution in [0, 0.1) is 11.7 Å². The molecule has 1 aliphatic rings. The Labute approximate surface area is 224 Å². The molecule has 4 N–H and O–H groups in total. The third kappa shape index (κ3) is 7.98. The van der Waals surface area contributed by atoms with Crippen LogP contribution in [-0.2, 0) is 34.3 Å². The zero-order valence-corrected chi connectivity index (χ0v) is 22.8. The van der Waals surface area contributed by atoms with Crippen LogP contribution in [0.4, 0.5) is 23.2 Å². The molecule has 2 aromatic carbocycles. The van der Waals surface area contributed by atoms with E-state index in [1.165, 1.54) is 11.6 Å². The third-order valence-corrected chi connectivity index (χ3v) is 8.15. The molecule has 2 aromatic rings. The fourth-order valence-electron chi connectivity index (χ4n) is 4.45. The van der Waals surface area contributed by atoms with Gasteiger partial charge in [-0.05, 0) is 40.7 Å². The molecule has 38 heavy (non-hydrogen) atoms. The van der Waals surface area contributed by atoms with Gasteiger partial charge in [0.1, 0.15) is 28.8 Å². The summed E-state index contributed by atoms with van der Waals surface area (Å²) in [6.45, 7) is 6.03. The maximum atomic E-state index is 14.5. The first-order chi connectivity index (χ1) is 17.7. The van der Waals surface area contributed by atoms with Crippen molar-refractivity contribution in [2.45, 2.75) is 63.6 Å². The summed E-state index contributed by atoms with van der Waals surface area (Å²) in [6.07, 6.45) is -7.90. The quantitative estimate of drug-likeness (QED) is 0.243. The molecule has 0 aliphatic carbocycles. The molecule has 5 atom stereocenters. The lowest BCUT2D eigenvalue weighted by atomic mass is 9.86. The number of ether oxygens (including phenoxy) is 2. The molecule has 0 saturated carbocycles. The number of aliphatic hydroxyl groups is 1. The van der Waals surface area contributed by atoms with Crippen LogP contribution in [-0.4, -0.2) is 59.3 Å². The van der Waals surface area contributed by atoms with Crippen molar-refractivity contribution in [3.05, 3.63) is 58.9 Å². The molecule has 1 aliphatic heterocycles. The summed E-state index contributed by atoms with van der Waals surface area (Å²) in [6, 6.07) is 9.96. The zero-order chi connectivity index (χ0) is 28.3. The van der Waals surface area contributed by atoms with E-state index in [4.69, 9.17) is 10.5 Å². The van der Waals surface area contributed by atoms with Crippen molar-refractivity contribution in [3.8, 4) is 5.75 Å². The van der Waals surface area contributed by atoms with Gasteiger partial charge in [0.2, 0.25) is 6.10 Å². The smallest absolute Gasteiger partial charge is 0.427 e. The van der Waals surface area contributed by atoms with Crippen molar-refractivity contribution in [3.63, 3.8) is 0 Å². The van der Waals surface area contributed by atoms with E-state index >= 15 is 0 Å². The first-order valence-corrected chi connectivity index (χ1v) is 13.8. The lowest BCUT2D eigenvalue weighted by Crippen LogP contribution is -2.54. The van der Waals surface area contributed by atoms with E-state index < -0.39 is 65.4 Å². The number of rotatable bonds is 9. The maximum absolute atomic E-state index is 14.5. The zero-order valence-electron chi connectivity index (χ0n) is 22.0. The van der Waals surface area contributed by atoms with E-state index in [1.54, 1.807) is 0 Å². The molecule has 0 spiro atoms. The SMILES string of the molecule is COC[C@@H](Oc1cc(C[C@@H]2C[S@@+]([O-])C[C@H](NCc3cccc(C(C)(C)C)c3)[C@H]2O)cc(F)c1N)C(F)(F)F. The summed E-state index contributed by atoms with van der Waals surface area (Å²) in [5.41, 5.74) is 7.56. The Kier molecular flexibility index (Phi) is 9.97. The molecule has 1 fully saturated rings. The summed E-state index contributed by atoms with van der Waals surface area (Å²) in [5.74, 6) is -1.48. The minimum Gasteiger partial charge on any atom is -0.616 e. The van der Waals surface area contributed by atoms with E-state index in [1.807, 2.05) is 12.1 Å². The number of halogens is 4. The first kappa shape index (κ1) is 30.5. The Balaban J connectivity index is 1.73. The van der Waals surface area contributed by atoms with Gasteiger partial charge in [-0.1, -0.05) is 56.2 Å². The summed E-state index contributed by atoms with van der Waals surface area (Å²) < 4.78 is 76.7. The van der Waals surface area contributed by atoms with Crippen LogP contribution < -0.4 is 15.8 Å². The number of nitrogen functional groups attached to an aromatic ring is 1. The van der Waals surface area contributed by atoms with E-state index in [-0.39, 0.29) is 28.9 Å². The predicted octanol–water partition coefficient (Wildman–Crippen LogP) is 4.10. The van der Waals surface area contributed by atoms with Crippen molar-refractivity contribution in [2.24, 2.45) is 5.92 Å². The number of methoxy groups -OCH3 is 1. The molecule has 11 heteroatoms. The van der Waals surface area contributed by atoms with Crippen LogP contribution in [0.5, 0.6) is 5.75 Å². The number of benzene rings is 2. The molecule has 0 unspecified atom stereocenters. The van der Waals surface area contributed by atoms with Crippen LogP contribution in [0.2, 0.25) is 0 Å². The highest BCUT2D eigenvalue weighted by atomic mass is 32.2. The van der Waals surface area contributed by atoms with E-state index in [2.05, 4.69) is 43.0 Å². The molecule has 1 heterocycles. The van der Waals surface area contributed by atoms with Crippen LogP contribution in [0.1, 0.15) is 37.5 Å². The number of anilines is 1. The molecule has 212 valence electrons. The van der Waals surface area contributed by atoms with Gasteiger partial charge < -0.3 is 30.2 Å². The number of hydrogen-bond acceptors (Lipinski definition) is 6. The van der Waals surface area contributed by atoms with Crippen LogP contribution >= 0.6 is 0 Å². The highest BCUT2D eigenvalue weighted by molar-refractivity contribution is 7.91. The van der Waals surface area contributed by atoms with Crippen molar-refractivity contribution in [1.29, 1.82) is 0 Å². The fourth-order valence-corrected chi connectivity index (χ4v) is 6.10. The summed E-state index contributed by atoms with van der Waals surface area (Å²) >= 11 is -1.25.